The number of rotatable bonds is 7. The van der Waals surface area contributed by atoms with Gasteiger partial charge in [0.25, 0.3) is 11.8 Å². The molecule has 0 saturated carbocycles. The van der Waals surface area contributed by atoms with Gasteiger partial charge in [-0.05, 0) is 30.3 Å². The molecule has 0 fully saturated rings. The zero-order chi connectivity index (χ0) is 20.8. The monoisotopic (exact) mass is 418 g/mol. The third-order valence-corrected chi connectivity index (χ3v) is 4.44. The average molecular weight is 419 g/mol. The van der Waals surface area contributed by atoms with Gasteiger partial charge in [-0.15, -0.1) is 0 Å². The topological polar surface area (TPSA) is 94.2 Å². The normalized spacial score (nSPS) is 12.6. The molecule has 0 spiro atoms. The first-order chi connectivity index (χ1) is 14.0. The van der Waals surface area contributed by atoms with Crippen LogP contribution in [0.25, 0.3) is 0 Å². The molecule has 1 heterocycles. The van der Waals surface area contributed by atoms with Crippen LogP contribution in [-0.2, 0) is 19.1 Å². The molecule has 0 aliphatic carbocycles. The predicted molar refractivity (Wildman–Crippen MR) is 106 cm³/mol. The van der Waals surface area contributed by atoms with Gasteiger partial charge in [-0.25, -0.2) is 0 Å². The predicted octanol–water partition coefficient (Wildman–Crippen LogP) is 2.65. The summed E-state index contributed by atoms with van der Waals surface area (Å²) in [6, 6.07) is 11.8. The first kappa shape index (κ1) is 20.5. The van der Waals surface area contributed by atoms with Crippen molar-refractivity contribution in [2.75, 3.05) is 37.1 Å². The Bertz CT molecular complexity index is 933. The van der Waals surface area contributed by atoms with Gasteiger partial charge in [-0.1, -0.05) is 23.7 Å². The molecular weight excluding hydrogens is 400 g/mol. The molecule has 9 heteroatoms. The lowest BCUT2D eigenvalue weighted by Gasteiger charge is -2.28. The Kier molecular flexibility index (Phi) is 6.56. The number of fused-ring (bicyclic) bond motifs is 1. The van der Waals surface area contributed by atoms with Crippen molar-refractivity contribution < 1.29 is 28.6 Å². The molecule has 0 atom stereocenters. The van der Waals surface area contributed by atoms with E-state index in [1.807, 2.05) is 0 Å². The number of amides is 2. The van der Waals surface area contributed by atoms with Gasteiger partial charge in [-0.2, -0.15) is 0 Å². The van der Waals surface area contributed by atoms with E-state index in [1.54, 1.807) is 36.4 Å². The fraction of sp³-hybridized carbons (Fsp3) is 0.250. The fourth-order valence-electron chi connectivity index (χ4n) is 2.76. The van der Waals surface area contributed by atoms with Gasteiger partial charge in [0.1, 0.15) is 11.5 Å². The van der Waals surface area contributed by atoms with Gasteiger partial charge < -0.3 is 24.4 Å². The van der Waals surface area contributed by atoms with Crippen molar-refractivity contribution in [3.05, 3.63) is 47.5 Å². The van der Waals surface area contributed by atoms with Crippen LogP contribution in [0.3, 0.4) is 0 Å². The smallest absolute Gasteiger partial charge is 0.308 e. The summed E-state index contributed by atoms with van der Waals surface area (Å²) in [6.07, 6.45) is -0.0539. The second kappa shape index (κ2) is 9.29. The van der Waals surface area contributed by atoms with Crippen LogP contribution in [0.15, 0.2) is 42.5 Å². The van der Waals surface area contributed by atoms with Crippen molar-refractivity contribution in [3.63, 3.8) is 0 Å². The van der Waals surface area contributed by atoms with Crippen molar-refractivity contribution in [1.82, 2.24) is 0 Å². The molecule has 152 valence electrons. The van der Waals surface area contributed by atoms with E-state index in [0.717, 1.165) is 0 Å². The molecule has 0 unspecified atom stereocenters. The van der Waals surface area contributed by atoms with Crippen molar-refractivity contribution >= 4 is 40.8 Å². The molecule has 8 nitrogen and oxygen atoms in total. The number of nitrogens with zero attached hydrogens (tertiary/aromatic N) is 1. The van der Waals surface area contributed by atoms with Crippen LogP contribution in [0, 0.1) is 0 Å². The van der Waals surface area contributed by atoms with E-state index in [-0.39, 0.29) is 25.5 Å². The molecule has 1 aliphatic heterocycles. The molecule has 0 bridgehead atoms. The van der Waals surface area contributed by atoms with Crippen molar-refractivity contribution in [2.45, 2.75) is 6.42 Å². The zero-order valence-corrected chi connectivity index (χ0v) is 16.4. The van der Waals surface area contributed by atoms with Gasteiger partial charge >= 0.3 is 5.97 Å². The maximum Gasteiger partial charge on any atom is 0.308 e. The SMILES string of the molecule is COc1ccc(NC(=O)COC(=O)CCN2C(=O)COc3ccccc32)cc1Cl. The number of anilines is 2. The third kappa shape index (κ3) is 5.17. The Morgan fingerprint density at radius 3 is 2.79 bits per heavy atom. The molecule has 1 aliphatic rings. The number of hydrogen-bond donors (Lipinski definition) is 1. The summed E-state index contributed by atoms with van der Waals surface area (Å²) in [6.45, 7) is -0.400. The number of nitrogens with one attached hydrogen (secondary N) is 1. The van der Waals surface area contributed by atoms with Gasteiger partial charge in [-0.3, -0.25) is 14.4 Å². The molecule has 0 radical (unpaired) electrons. The minimum atomic E-state index is -0.593. The van der Waals surface area contributed by atoms with Crippen molar-refractivity contribution in [1.29, 1.82) is 0 Å². The molecule has 2 amide bonds. The van der Waals surface area contributed by atoms with E-state index in [1.165, 1.54) is 18.1 Å². The van der Waals surface area contributed by atoms with E-state index >= 15 is 0 Å². The van der Waals surface area contributed by atoms with E-state index < -0.39 is 18.5 Å². The van der Waals surface area contributed by atoms with Gasteiger partial charge in [0.05, 0.1) is 24.2 Å². The maximum atomic E-state index is 12.1. The molecule has 0 saturated heterocycles. The van der Waals surface area contributed by atoms with E-state index in [9.17, 15) is 14.4 Å². The number of hydrogen-bond acceptors (Lipinski definition) is 6. The number of carbonyl (C=O) groups excluding carboxylic acids is 3. The number of para-hydroxylation sites is 2. The Labute approximate surface area is 172 Å². The molecule has 1 N–H and O–H groups in total. The lowest BCUT2D eigenvalue weighted by Crippen LogP contribution is -2.40. The third-order valence-electron chi connectivity index (χ3n) is 4.15. The number of carbonyl (C=O) groups is 3. The summed E-state index contributed by atoms with van der Waals surface area (Å²) in [7, 11) is 1.49. The second-order valence-electron chi connectivity index (χ2n) is 6.11. The first-order valence-corrected chi connectivity index (χ1v) is 9.17. The summed E-state index contributed by atoms with van der Waals surface area (Å²) in [5.41, 5.74) is 1.05. The Balaban J connectivity index is 1.47. The largest absolute Gasteiger partial charge is 0.495 e. The highest BCUT2D eigenvalue weighted by molar-refractivity contribution is 6.32. The van der Waals surface area contributed by atoms with Crippen LogP contribution in [0.5, 0.6) is 11.5 Å². The van der Waals surface area contributed by atoms with Gasteiger partial charge in [0.2, 0.25) is 0 Å². The zero-order valence-electron chi connectivity index (χ0n) is 15.6. The second-order valence-corrected chi connectivity index (χ2v) is 6.52. The van der Waals surface area contributed by atoms with Crippen molar-refractivity contribution in [3.8, 4) is 11.5 Å². The highest BCUT2D eigenvalue weighted by atomic mass is 35.5. The highest BCUT2D eigenvalue weighted by Crippen LogP contribution is 2.31. The Hall–Kier alpha value is -3.26. The fourth-order valence-corrected chi connectivity index (χ4v) is 3.02. The van der Waals surface area contributed by atoms with Gasteiger partial charge in [0.15, 0.2) is 13.2 Å². The van der Waals surface area contributed by atoms with Gasteiger partial charge in [0, 0.05) is 12.2 Å². The summed E-state index contributed by atoms with van der Waals surface area (Å²) < 4.78 is 15.4. The molecular formula is C20H19ClN2O6. The van der Waals surface area contributed by atoms with Crippen LogP contribution >= 0.6 is 11.6 Å². The van der Waals surface area contributed by atoms with E-state index in [0.29, 0.717) is 27.9 Å². The quantitative estimate of drug-likeness (QED) is 0.695. The number of esters is 1. The minimum absolute atomic E-state index is 0.0539. The first-order valence-electron chi connectivity index (χ1n) is 8.79. The molecule has 29 heavy (non-hydrogen) atoms. The minimum Gasteiger partial charge on any atom is -0.495 e. The van der Waals surface area contributed by atoms with Crippen molar-refractivity contribution in [2.24, 2.45) is 0 Å². The van der Waals surface area contributed by atoms with Crippen LogP contribution in [0.1, 0.15) is 6.42 Å². The summed E-state index contributed by atoms with van der Waals surface area (Å²) in [5.74, 6) is -0.281. The molecule has 2 aromatic carbocycles. The Morgan fingerprint density at radius 2 is 2.03 bits per heavy atom. The summed E-state index contributed by atoms with van der Waals surface area (Å²) >= 11 is 6.00. The maximum absolute atomic E-state index is 12.1. The number of halogens is 1. The summed E-state index contributed by atoms with van der Waals surface area (Å²) in [5, 5.41) is 2.92. The summed E-state index contributed by atoms with van der Waals surface area (Å²) in [4.78, 5) is 37.5. The number of ether oxygens (including phenoxy) is 3. The van der Waals surface area contributed by atoms with Crippen LogP contribution < -0.4 is 19.7 Å². The highest BCUT2D eigenvalue weighted by Gasteiger charge is 2.25. The lowest BCUT2D eigenvalue weighted by atomic mass is 10.2. The molecule has 3 rings (SSSR count). The van der Waals surface area contributed by atoms with E-state index in [2.05, 4.69) is 5.32 Å². The lowest BCUT2D eigenvalue weighted by molar-refractivity contribution is -0.147. The Morgan fingerprint density at radius 1 is 1.24 bits per heavy atom. The molecule has 2 aromatic rings. The number of benzene rings is 2. The average Bonchev–Trinajstić information content (AvgIpc) is 2.71. The number of methoxy groups -OCH3 is 1. The van der Waals surface area contributed by atoms with Crippen LogP contribution in [0.2, 0.25) is 5.02 Å². The van der Waals surface area contributed by atoms with Crippen LogP contribution in [-0.4, -0.2) is 44.7 Å². The molecule has 0 aromatic heterocycles. The van der Waals surface area contributed by atoms with Crippen LogP contribution in [0.4, 0.5) is 11.4 Å². The standard InChI is InChI=1S/C20H19ClN2O6/c1-27-16-7-6-13(10-14(16)21)22-18(24)11-29-20(26)8-9-23-15-4-2-3-5-17(15)28-12-19(23)25/h2-7,10H,8-9,11-12H2,1H3,(H,22,24). The van der Waals surface area contributed by atoms with E-state index in [4.69, 9.17) is 25.8 Å².